The molecular weight excluding hydrogens is 437 g/mol. The first kappa shape index (κ1) is 25.0. The van der Waals surface area contributed by atoms with Crippen LogP contribution in [0.3, 0.4) is 0 Å². The molecule has 1 aliphatic rings. The van der Waals surface area contributed by atoms with Crippen molar-refractivity contribution in [3.8, 4) is 5.95 Å². The first-order chi connectivity index (χ1) is 14.8. The van der Waals surface area contributed by atoms with Gasteiger partial charge in [-0.15, -0.1) is 0 Å². The van der Waals surface area contributed by atoms with Crippen LogP contribution in [0, 0.1) is 13.8 Å². The van der Waals surface area contributed by atoms with Gasteiger partial charge in [-0.05, 0) is 26.8 Å². The number of morpholine rings is 1. The lowest BCUT2D eigenvalue weighted by atomic mass is 10.1. The van der Waals surface area contributed by atoms with Crippen LogP contribution < -0.4 is 11.3 Å². The van der Waals surface area contributed by atoms with E-state index >= 15 is 0 Å². The molecule has 1 saturated heterocycles. The second-order valence-electron chi connectivity index (χ2n) is 7.12. The fourth-order valence-corrected chi connectivity index (χ4v) is 2.81. The zero-order valence-electron chi connectivity index (χ0n) is 17.5. The van der Waals surface area contributed by atoms with Gasteiger partial charge < -0.3 is 20.5 Å². The van der Waals surface area contributed by atoms with Crippen LogP contribution in [0.15, 0.2) is 16.9 Å². The lowest BCUT2D eigenvalue weighted by molar-refractivity contribution is -0.192. The summed E-state index contributed by atoms with van der Waals surface area (Å²) >= 11 is 0. The summed E-state index contributed by atoms with van der Waals surface area (Å²) in [7, 11) is 0. The predicted octanol–water partition coefficient (Wildman–Crippen LogP) is 0.394. The number of hydrogen-bond donors (Lipinski definition) is 3. The molecule has 32 heavy (non-hydrogen) atoms. The van der Waals surface area contributed by atoms with Crippen LogP contribution in [-0.4, -0.2) is 79.6 Å². The molecule has 1 amide bonds. The van der Waals surface area contributed by atoms with E-state index in [1.165, 1.54) is 10.7 Å². The molecule has 3 rings (SSSR count). The highest BCUT2D eigenvalue weighted by Crippen LogP contribution is 2.13. The second kappa shape index (κ2) is 9.91. The first-order valence-corrected chi connectivity index (χ1v) is 9.41. The van der Waals surface area contributed by atoms with Crippen LogP contribution in [0.2, 0.25) is 0 Å². The van der Waals surface area contributed by atoms with Gasteiger partial charge in [0.25, 0.3) is 17.4 Å². The molecule has 0 saturated carbocycles. The second-order valence-corrected chi connectivity index (χ2v) is 7.12. The van der Waals surface area contributed by atoms with Crippen molar-refractivity contribution >= 4 is 11.9 Å². The molecular formula is C18H23F3N6O5. The van der Waals surface area contributed by atoms with E-state index in [9.17, 15) is 22.8 Å². The average Bonchev–Trinajstić information content (AvgIpc) is 3.08. The molecule has 0 spiro atoms. The van der Waals surface area contributed by atoms with Crippen molar-refractivity contribution in [3.05, 3.63) is 39.6 Å². The van der Waals surface area contributed by atoms with Crippen LogP contribution in [0.4, 0.5) is 13.2 Å². The van der Waals surface area contributed by atoms with Gasteiger partial charge >= 0.3 is 12.1 Å². The summed E-state index contributed by atoms with van der Waals surface area (Å²) in [6.45, 7) is 6.75. The van der Waals surface area contributed by atoms with Crippen LogP contribution in [0.5, 0.6) is 0 Å². The van der Waals surface area contributed by atoms with Crippen molar-refractivity contribution in [2.75, 3.05) is 19.7 Å². The Bertz CT molecular complexity index is 1010. The van der Waals surface area contributed by atoms with E-state index in [2.05, 4.69) is 15.1 Å². The number of halogens is 3. The van der Waals surface area contributed by atoms with E-state index in [1.807, 2.05) is 26.8 Å². The maximum absolute atomic E-state index is 12.7. The number of H-pyrrole nitrogens is 1. The summed E-state index contributed by atoms with van der Waals surface area (Å²) in [5.41, 5.74) is 7.15. The number of ether oxygens (including phenoxy) is 1. The Balaban J connectivity index is 0.000000451. The summed E-state index contributed by atoms with van der Waals surface area (Å²) in [6, 6.07) is 2.90. The largest absolute Gasteiger partial charge is 0.490 e. The van der Waals surface area contributed by atoms with Gasteiger partial charge in [-0.25, -0.2) is 14.8 Å². The number of carboxylic acids is 1. The highest BCUT2D eigenvalue weighted by molar-refractivity contribution is 5.92. The Morgan fingerprint density at radius 1 is 1.28 bits per heavy atom. The summed E-state index contributed by atoms with van der Waals surface area (Å²) in [6.07, 6.45) is -5.30. The number of amides is 1. The summed E-state index contributed by atoms with van der Waals surface area (Å²) < 4.78 is 38.5. The van der Waals surface area contributed by atoms with Crippen LogP contribution in [0.1, 0.15) is 28.8 Å². The maximum Gasteiger partial charge on any atom is 0.490 e. The van der Waals surface area contributed by atoms with Crippen LogP contribution in [0.25, 0.3) is 5.95 Å². The number of aromatic nitrogens is 4. The minimum absolute atomic E-state index is 0.178. The highest BCUT2D eigenvalue weighted by atomic mass is 19.4. The average molecular weight is 460 g/mol. The number of nitrogens with zero attached hydrogens (tertiary/aromatic N) is 4. The number of alkyl halides is 3. The molecule has 0 bridgehead atoms. The van der Waals surface area contributed by atoms with Crippen molar-refractivity contribution in [1.82, 2.24) is 24.6 Å². The molecule has 4 N–H and O–H groups in total. The monoisotopic (exact) mass is 460 g/mol. The maximum atomic E-state index is 12.7. The number of hydrogen-bond acceptors (Lipinski definition) is 7. The molecule has 0 aromatic carbocycles. The molecule has 2 aromatic heterocycles. The third-order valence-electron chi connectivity index (χ3n) is 4.33. The van der Waals surface area contributed by atoms with E-state index in [0.717, 1.165) is 11.4 Å². The normalized spacial score (nSPS) is 17.3. The van der Waals surface area contributed by atoms with Gasteiger partial charge in [0.15, 0.2) is 0 Å². The standard InChI is InChI=1S/C16H22N6O3.C2HF3O2/c1-9-6-10(2)19-16(18-9)22-14(23)7-12(20-22)15(24)21-4-5-25-13(8-21)11(3)17;3-2(4,5)1(6)7/h6-7,11,13,20H,4-5,8,17H2,1-3H3;(H,6,7). The highest BCUT2D eigenvalue weighted by Gasteiger charge is 2.38. The number of aliphatic carboxylic acids is 1. The van der Waals surface area contributed by atoms with Gasteiger partial charge in [0.05, 0.1) is 12.7 Å². The number of nitrogens with two attached hydrogens (primary N) is 1. The third kappa shape index (κ3) is 6.37. The van der Waals surface area contributed by atoms with Crippen molar-refractivity contribution in [1.29, 1.82) is 0 Å². The van der Waals surface area contributed by atoms with Gasteiger partial charge in [0.1, 0.15) is 5.69 Å². The van der Waals surface area contributed by atoms with E-state index < -0.39 is 12.1 Å². The lowest BCUT2D eigenvalue weighted by Gasteiger charge is -2.34. The molecule has 1 fully saturated rings. The SMILES string of the molecule is Cc1cc(C)nc(-n2[nH]c(C(=O)N3CCOC(C(C)N)C3)cc2=O)n1.O=C(O)C(F)(F)F. The molecule has 2 aromatic rings. The Hall–Kier alpha value is -3.26. The van der Waals surface area contributed by atoms with Gasteiger partial charge in [0.2, 0.25) is 0 Å². The minimum Gasteiger partial charge on any atom is -0.475 e. The Kier molecular flexibility index (Phi) is 7.74. The summed E-state index contributed by atoms with van der Waals surface area (Å²) in [4.78, 5) is 44.0. The number of carbonyl (C=O) groups is 2. The quantitative estimate of drug-likeness (QED) is 0.594. The predicted molar refractivity (Wildman–Crippen MR) is 104 cm³/mol. The van der Waals surface area contributed by atoms with Crippen molar-refractivity contribution in [3.63, 3.8) is 0 Å². The molecule has 3 heterocycles. The molecule has 0 aliphatic carbocycles. The van der Waals surface area contributed by atoms with E-state index in [0.29, 0.717) is 19.7 Å². The number of rotatable bonds is 3. The molecule has 176 valence electrons. The number of carbonyl (C=O) groups excluding carboxylic acids is 1. The Morgan fingerprint density at radius 2 is 1.84 bits per heavy atom. The number of aromatic amines is 1. The zero-order valence-corrected chi connectivity index (χ0v) is 17.5. The number of aryl methyl sites for hydroxylation is 2. The molecule has 2 unspecified atom stereocenters. The van der Waals surface area contributed by atoms with Gasteiger partial charge in [-0.2, -0.15) is 17.9 Å². The fourth-order valence-electron chi connectivity index (χ4n) is 2.81. The topological polar surface area (TPSA) is 156 Å². The van der Waals surface area contributed by atoms with Gasteiger partial charge in [-0.1, -0.05) is 0 Å². The van der Waals surface area contributed by atoms with Crippen LogP contribution in [-0.2, 0) is 9.53 Å². The molecule has 14 heteroatoms. The fraction of sp³-hybridized carbons (Fsp3) is 0.500. The molecule has 0 radical (unpaired) electrons. The number of nitrogens with one attached hydrogen (secondary N) is 1. The molecule has 11 nitrogen and oxygen atoms in total. The van der Waals surface area contributed by atoms with E-state index in [-0.39, 0.29) is 35.3 Å². The molecule has 2 atom stereocenters. The smallest absolute Gasteiger partial charge is 0.475 e. The lowest BCUT2D eigenvalue weighted by Crippen LogP contribution is -2.51. The van der Waals surface area contributed by atoms with E-state index in [1.54, 1.807) is 4.90 Å². The minimum atomic E-state index is -5.08. The molecule has 1 aliphatic heterocycles. The van der Waals surface area contributed by atoms with E-state index in [4.69, 9.17) is 20.4 Å². The third-order valence-corrected chi connectivity index (χ3v) is 4.33. The van der Waals surface area contributed by atoms with Gasteiger partial charge in [0, 0.05) is 36.6 Å². The first-order valence-electron chi connectivity index (χ1n) is 9.41. The summed E-state index contributed by atoms with van der Waals surface area (Å²) in [5.74, 6) is -2.81. The number of carboxylic acid groups (broad SMARTS) is 1. The van der Waals surface area contributed by atoms with Crippen molar-refractivity contribution in [2.24, 2.45) is 5.73 Å². The summed E-state index contributed by atoms with van der Waals surface area (Å²) in [5, 5.41) is 9.93. The van der Waals surface area contributed by atoms with Crippen molar-refractivity contribution < 1.29 is 32.6 Å². The van der Waals surface area contributed by atoms with Crippen LogP contribution >= 0.6 is 0 Å². The van der Waals surface area contributed by atoms with Crippen molar-refractivity contribution in [2.45, 2.75) is 39.1 Å². The Morgan fingerprint density at radius 3 is 2.34 bits per heavy atom. The Labute approximate surface area is 180 Å². The zero-order chi connectivity index (χ0) is 24.2. The van der Waals surface area contributed by atoms with Gasteiger partial charge in [-0.3, -0.25) is 14.7 Å².